The standard InChI is InChI=1S/C22H23ClIN3O/c23-19-13-21-20(25-22(26-21)28-17-2-1-3-17)12-18(19)16-6-4-14(5-7-16)15-8-10-27(24)11-9-15/h4-7,12-13,15,17H,1-3,8-11H2,(H,25,26)/q-1. The van der Waals surface area contributed by atoms with Gasteiger partial charge in [-0.1, -0.05) is 35.9 Å². The van der Waals surface area contributed by atoms with E-state index in [2.05, 4.69) is 66.3 Å². The first kappa shape index (κ1) is 18.7. The molecule has 1 aromatic heterocycles. The number of ether oxygens (including phenoxy) is 1. The van der Waals surface area contributed by atoms with Crippen LogP contribution in [-0.4, -0.2) is 32.3 Å². The molecule has 1 radical (unpaired) electrons. The summed E-state index contributed by atoms with van der Waals surface area (Å²) in [4.78, 5) is 7.87. The van der Waals surface area contributed by atoms with Gasteiger partial charge >= 0.3 is 0 Å². The third kappa shape index (κ3) is 3.76. The summed E-state index contributed by atoms with van der Waals surface area (Å²) in [5, 5.41) is 0.734. The van der Waals surface area contributed by atoms with Crippen LogP contribution in [0, 0.1) is 0 Å². The monoisotopic (exact) mass is 507 g/mol. The molecule has 1 N–H and O–H groups in total. The molecule has 0 unspecified atom stereocenters. The lowest BCUT2D eigenvalue weighted by molar-refractivity contribution is -0.577. The highest BCUT2D eigenvalue weighted by molar-refractivity contribution is 6.34. The molecule has 3 aromatic rings. The zero-order valence-corrected chi connectivity index (χ0v) is 18.5. The number of H-pyrrole nitrogens is 1. The van der Waals surface area contributed by atoms with E-state index in [9.17, 15) is 0 Å². The highest BCUT2D eigenvalue weighted by atomic mass is 127. The minimum Gasteiger partial charge on any atom is -0.699 e. The summed E-state index contributed by atoms with van der Waals surface area (Å²) in [6.45, 7) is 2.33. The molecule has 2 aromatic carbocycles. The number of fused-ring (bicyclic) bond motifs is 1. The van der Waals surface area contributed by atoms with Gasteiger partial charge in [-0.05, 0) is 74.4 Å². The number of imidazole rings is 1. The average molecular weight is 508 g/mol. The van der Waals surface area contributed by atoms with Crippen LogP contribution in [0.5, 0.6) is 6.01 Å². The summed E-state index contributed by atoms with van der Waals surface area (Å²) in [6.07, 6.45) is 6.24. The van der Waals surface area contributed by atoms with Crippen LogP contribution in [0.1, 0.15) is 43.6 Å². The Bertz CT molecular complexity index is 975. The van der Waals surface area contributed by atoms with E-state index in [0.717, 1.165) is 40.0 Å². The van der Waals surface area contributed by atoms with Crippen molar-refractivity contribution in [3.63, 3.8) is 0 Å². The smallest absolute Gasteiger partial charge is 0.294 e. The van der Waals surface area contributed by atoms with Crippen LogP contribution in [0.2, 0.25) is 5.02 Å². The molecule has 2 fully saturated rings. The Morgan fingerprint density at radius 3 is 2.50 bits per heavy atom. The SMILES string of the molecule is Clc1cc2[nH]c(OC3CCC3)nc2cc1-c1ccc(C2CCN([I-])CC2)cc1. The minimum absolute atomic E-state index is 0.308. The van der Waals surface area contributed by atoms with Crippen LogP contribution in [0.25, 0.3) is 22.2 Å². The summed E-state index contributed by atoms with van der Waals surface area (Å²) in [5.74, 6) is 0.663. The Labute approximate surface area is 184 Å². The molecule has 0 amide bonds. The maximum atomic E-state index is 6.60. The van der Waals surface area contributed by atoms with Crippen molar-refractivity contribution in [3.8, 4) is 17.1 Å². The number of halogens is 2. The third-order valence-electron chi connectivity index (χ3n) is 6.01. The van der Waals surface area contributed by atoms with E-state index in [0.29, 0.717) is 18.0 Å². The van der Waals surface area contributed by atoms with Gasteiger partial charge in [0.15, 0.2) is 0 Å². The second-order valence-corrected chi connectivity index (χ2v) is 9.64. The lowest BCUT2D eigenvalue weighted by Crippen LogP contribution is -3.41. The number of piperidine rings is 1. The van der Waals surface area contributed by atoms with Gasteiger partial charge in [0.05, 0.1) is 16.1 Å². The van der Waals surface area contributed by atoms with Crippen molar-refractivity contribution in [2.24, 2.45) is 0 Å². The van der Waals surface area contributed by atoms with Crippen molar-refractivity contribution >= 4 is 22.6 Å². The fourth-order valence-electron chi connectivity index (χ4n) is 4.05. The van der Waals surface area contributed by atoms with E-state index in [-0.39, 0.29) is 0 Å². The average Bonchev–Trinajstić information content (AvgIpc) is 3.06. The summed E-state index contributed by atoms with van der Waals surface area (Å²) in [6, 6.07) is 13.5. The lowest BCUT2D eigenvalue weighted by Gasteiger charge is -2.37. The number of hydrogen-bond donors (Lipinski definition) is 1. The maximum Gasteiger partial charge on any atom is 0.294 e. The second-order valence-electron chi connectivity index (χ2n) is 7.87. The number of benzene rings is 2. The first-order valence-electron chi connectivity index (χ1n) is 10.0. The lowest BCUT2D eigenvalue weighted by atomic mass is 9.89. The van der Waals surface area contributed by atoms with E-state index in [1.54, 1.807) is 0 Å². The predicted molar refractivity (Wildman–Crippen MR) is 108 cm³/mol. The Kier molecular flexibility index (Phi) is 5.24. The summed E-state index contributed by atoms with van der Waals surface area (Å²) < 4.78 is 8.28. The highest BCUT2D eigenvalue weighted by Gasteiger charge is 2.21. The predicted octanol–water partition coefficient (Wildman–Crippen LogP) is 2.46. The van der Waals surface area contributed by atoms with E-state index in [1.807, 2.05) is 6.07 Å². The molecule has 28 heavy (non-hydrogen) atoms. The van der Waals surface area contributed by atoms with E-state index in [1.165, 1.54) is 37.9 Å². The molecular formula is C22H23ClIN3O-. The van der Waals surface area contributed by atoms with E-state index < -0.39 is 0 Å². The Morgan fingerprint density at radius 2 is 1.82 bits per heavy atom. The zero-order chi connectivity index (χ0) is 19.1. The molecule has 1 aliphatic carbocycles. The normalized spacial score (nSPS) is 19.1. The van der Waals surface area contributed by atoms with Crippen molar-refractivity contribution in [2.45, 2.75) is 44.1 Å². The van der Waals surface area contributed by atoms with Crippen molar-refractivity contribution < 1.29 is 27.6 Å². The molecule has 1 saturated carbocycles. The first-order valence-corrected chi connectivity index (χ1v) is 11.4. The summed E-state index contributed by atoms with van der Waals surface area (Å²) >= 11 is 9.02. The zero-order valence-electron chi connectivity index (χ0n) is 15.6. The molecule has 1 saturated heterocycles. The number of nitrogens with one attached hydrogen (secondary N) is 1. The molecule has 2 heterocycles. The topological polar surface area (TPSA) is 41.1 Å². The largest absolute Gasteiger partial charge is 0.699 e. The van der Waals surface area contributed by atoms with Gasteiger partial charge in [0.25, 0.3) is 6.01 Å². The summed E-state index contributed by atoms with van der Waals surface area (Å²) in [7, 11) is 0. The van der Waals surface area contributed by atoms with Crippen LogP contribution < -0.4 is 27.6 Å². The van der Waals surface area contributed by atoms with Gasteiger partial charge in [-0.3, -0.25) is 0 Å². The van der Waals surface area contributed by atoms with Crippen molar-refractivity contribution in [1.29, 1.82) is 0 Å². The molecule has 5 rings (SSSR count). The van der Waals surface area contributed by atoms with Crippen LogP contribution in [-0.2, 0) is 0 Å². The van der Waals surface area contributed by atoms with Crippen LogP contribution >= 0.6 is 11.6 Å². The molecule has 0 spiro atoms. The van der Waals surface area contributed by atoms with Gasteiger partial charge in [-0.25, -0.2) is 0 Å². The second kappa shape index (κ2) is 7.84. The molecule has 0 atom stereocenters. The van der Waals surface area contributed by atoms with Gasteiger partial charge in [0.2, 0.25) is 0 Å². The third-order valence-corrected chi connectivity index (χ3v) is 7.29. The minimum atomic E-state index is 0.308. The van der Waals surface area contributed by atoms with Gasteiger partial charge < -0.3 is 35.7 Å². The number of hydrogen-bond acceptors (Lipinski definition) is 3. The van der Waals surface area contributed by atoms with Gasteiger partial charge in [-0.2, -0.15) is 4.98 Å². The molecule has 6 heteroatoms. The fourth-order valence-corrected chi connectivity index (χ4v) is 4.88. The molecule has 2 aliphatic rings. The number of rotatable bonds is 4. The van der Waals surface area contributed by atoms with Crippen molar-refractivity contribution in [1.82, 2.24) is 13.1 Å². The maximum absolute atomic E-state index is 6.60. The van der Waals surface area contributed by atoms with Gasteiger partial charge in [-0.15, -0.1) is 0 Å². The van der Waals surface area contributed by atoms with Crippen LogP contribution in [0.4, 0.5) is 0 Å². The quantitative estimate of drug-likeness (QED) is 0.436. The number of aromatic nitrogens is 2. The van der Waals surface area contributed by atoms with Crippen LogP contribution in [0.3, 0.4) is 0 Å². The van der Waals surface area contributed by atoms with Crippen molar-refractivity contribution in [3.05, 3.63) is 47.0 Å². The van der Waals surface area contributed by atoms with E-state index in [4.69, 9.17) is 16.3 Å². The van der Waals surface area contributed by atoms with Crippen molar-refractivity contribution in [2.75, 3.05) is 13.1 Å². The summed E-state index contributed by atoms with van der Waals surface area (Å²) in [5.41, 5.74) is 5.40. The Hall–Kier alpha value is -1.31. The van der Waals surface area contributed by atoms with E-state index >= 15 is 0 Å². The van der Waals surface area contributed by atoms with Gasteiger partial charge in [0.1, 0.15) is 6.10 Å². The van der Waals surface area contributed by atoms with Crippen LogP contribution in [0.15, 0.2) is 36.4 Å². The van der Waals surface area contributed by atoms with Gasteiger partial charge in [0, 0.05) is 5.56 Å². The fraction of sp³-hybridized carbons (Fsp3) is 0.409. The molecule has 1 aliphatic heterocycles. The Balaban J connectivity index is 1.39. The molecule has 0 bridgehead atoms. The molecular weight excluding hydrogens is 485 g/mol. The molecule has 147 valence electrons. The Morgan fingerprint density at radius 1 is 1.07 bits per heavy atom. The molecule has 4 nitrogen and oxygen atoms in total. The number of aromatic amines is 1. The highest BCUT2D eigenvalue weighted by Crippen LogP contribution is 2.35. The number of nitrogens with zero attached hydrogens (tertiary/aromatic N) is 2. The first-order chi connectivity index (χ1) is 13.7.